The molecular weight excluding hydrogens is 202 g/mol. The number of nitrogens with zero attached hydrogens (tertiary/aromatic N) is 1. The van der Waals surface area contributed by atoms with Crippen molar-refractivity contribution < 1.29 is 9.53 Å². The van der Waals surface area contributed by atoms with Crippen LogP contribution in [0.2, 0.25) is 0 Å². The molecule has 0 saturated carbocycles. The third kappa shape index (κ3) is 2.83. The Hall–Kier alpha value is -1.35. The number of benzene rings is 1. The predicted molar refractivity (Wildman–Crippen MR) is 62.7 cm³/mol. The zero-order valence-electron chi connectivity index (χ0n) is 9.56. The van der Waals surface area contributed by atoms with E-state index in [-0.39, 0.29) is 0 Å². The first-order valence-electron chi connectivity index (χ1n) is 5.65. The van der Waals surface area contributed by atoms with Crippen molar-refractivity contribution in [2.45, 2.75) is 18.9 Å². The molecular formula is C13H17NO2. The van der Waals surface area contributed by atoms with Crippen molar-refractivity contribution in [2.24, 2.45) is 0 Å². The highest BCUT2D eigenvalue weighted by Crippen LogP contribution is 2.18. The smallest absolute Gasteiger partial charge is 0.124 e. The van der Waals surface area contributed by atoms with E-state index >= 15 is 0 Å². The standard InChI is InChI=1S/C13H17NO2/c1-14-9-13(10-14)16-12-6-4-11(5-7-12)3-2-8-15/h4-8,13H,2-3,9-10H2,1H3. The maximum Gasteiger partial charge on any atom is 0.124 e. The van der Waals surface area contributed by atoms with Gasteiger partial charge in [0, 0.05) is 19.5 Å². The summed E-state index contributed by atoms with van der Waals surface area (Å²) in [7, 11) is 2.09. The van der Waals surface area contributed by atoms with Gasteiger partial charge in [0.25, 0.3) is 0 Å². The molecule has 2 rings (SSSR count). The molecule has 0 atom stereocenters. The van der Waals surface area contributed by atoms with Crippen LogP contribution in [0.5, 0.6) is 5.75 Å². The third-order valence-electron chi connectivity index (χ3n) is 2.81. The van der Waals surface area contributed by atoms with Crippen LogP contribution in [-0.2, 0) is 11.2 Å². The number of aldehydes is 1. The van der Waals surface area contributed by atoms with Gasteiger partial charge in [-0.05, 0) is 31.2 Å². The Balaban J connectivity index is 1.84. The van der Waals surface area contributed by atoms with Crippen molar-refractivity contribution in [1.29, 1.82) is 0 Å². The summed E-state index contributed by atoms with van der Waals surface area (Å²) in [5, 5.41) is 0. The van der Waals surface area contributed by atoms with Crippen LogP contribution in [0.3, 0.4) is 0 Å². The average Bonchev–Trinajstić information content (AvgIpc) is 2.26. The van der Waals surface area contributed by atoms with Crippen molar-refractivity contribution >= 4 is 6.29 Å². The first kappa shape index (κ1) is 11.1. The van der Waals surface area contributed by atoms with Gasteiger partial charge in [-0.25, -0.2) is 0 Å². The molecule has 16 heavy (non-hydrogen) atoms. The Kier molecular flexibility index (Phi) is 3.57. The van der Waals surface area contributed by atoms with Gasteiger partial charge in [0.05, 0.1) is 0 Å². The number of hydrogen-bond acceptors (Lipinski definition) is 3. The minimum atomic E-state index is 0.339. The minimum absolute atomic E-state index is 0.339. The van der Waals surface area contributed by atoms with E-state index in [1.54, 1.807) is 0 Å². The average molecular weight is 219 g/mol. The Bertz CT molecular complexity index is 341. The van der Waals surface area contributed by atoms with Gasteiger partial charge in [-0.3, -0.25) is 4.90 Å². The van der Waals surface area contributed by atoms with Crippen LogP contribution in [-0.4, -0.2) is 37.4 Å². The lowest BCUT2D eigenvalue weighted by Crippen LogP contribution is -2.51. The molecule has 1 fully saturated rings. The molecule has 1 aliphatic rings. The maximum atomic E-state index is 10.2. The van der Waals surface area contributed by atoms with Crippen molar-refractivity contribution in [3.05, 3.63) is 29.8 Å². The number of carbonyl (C=O) groups is 1. The summed E-state index contributed by atoms with van der Waals surface area (Å²) < 4.78 is 5.77. The van der Waals surface area contributed by atoms with Crippen LogP contribution in [0.1, 0.15) is 12.0 Å². The van der Waals surface area contributed by atoms with Crippen LogP contribution in [0.15, 0.2) is 24.3 Å². The minimum Gasteiger partial charge on any atom is -0.488 e. The predicted octanol–water partition coefficient (Wildman–Crippen LogP) is 1.51. The van der Waals surface area contributed by atoms with Gasteiger partial charge in [-0.1, -0.05) is 12.1 Å². The number of likely N-dealkylation sites (N-methyl/N-ethyl adjacent to an activating group) is 1. The molecule has 86 valence electrons. The number of rotatable bonds is 5. The van der Waals surface area contributed by atoms with Crippen LogP contribution in [0.4, 0.5) is 0 Å². The van der Waals surface area contributed by atoms with E-state index in [1.807, 2.05) is 24.3 Å². The van der Waals surface area contributed by atoms with Gasteiger partial charge in [-0.15, -0.1) is 0 Å². The Morgan fingerprint density at radius 1 is 1.38 bits per heavy atom. The lowest BCUT2D eigenvalue weighted by molar-refractivity contribution is -0.107. The molecule has 1 heterocycles. The van der Waals surface area contributed by atoms with E-state index in [9.17, 15) is 4.79 Å². The second kappa shape index (κ2) is 5.12. The molecule has 1 aliphatic heterocycles. The molecule has 0 amide bonds. The fourth-order valence-electron chi connectivity index (χ4n) is 1.87. The summed E-state index contributed by atoms with van der Waals surface area (Å²) in [5.41, 5.74) is 1.19. The van der Waals surface area contributed by atoms with Crippen molar-refractivity contribution in [3.63, 3.8) is 0 Å². The molecule has 3 heteroatoms. The summed E-state index contributed by atoms with van der Waals surface area (Å²) in [6, 6.07) is 8.03. The van der Waals surface area contributed by atoms with Gasteiger partial charge in [-0.2, -0.15) is 0 Å². The van der Waals surface area contributed by atoms with E-state index in [0.29, 0.717) is 12.5 Å². The van der Waals surface area contributed by atoms with Crippen LogP contribution < -0.4 is 4.74 Å². The van der Waals surface area contributed by atoms with Crippen LogP contribution >= 0.6 is 0 Å². The summed E-state index contributed by atoms with van der Waals surface area (Å²) in [6.07, 6.45) is 2.70. The summed E-state index contributed by atoms with van der Waals surface area (Å²) in [5.74, 6) is 0.924. The lowest BCUT2D eigenvalue weighted by Gasteiger charge is -2.36. The number of likely N-dealkylation sites (tertiary alicyclic amines) is 1. The Morgan fingerprint density at radius 3 is 2.62 bits per heavy atom. The maximum absolute atomic E-state index is 10.2. The first-order valence-corrected chi connectivity index (χ1v) is 5.65. The van der Waals surface area contributed by atoms with E-state index in [1.165, 1.54) is 5.56 Å². The molecule has 0 spiro atoms. The summed E-state index contributed by atoms with van der Waals surface area (Å²) >= 11 is 0. The van der Waals surface area contributed by atoms with Gasteiger partial charge in [0.1, 0.15) is 18.1 Å². The second-order valence-electron chi connectivity index (χ2n) is 4.31. The number of aryl methyl sites for hydroxylation is 1. The highest BCUT2D eigenvalue weighted by Gasteiger charge is 2.24. The topological polar surface area (TPSA) is 29.5 Å². The monoisotopic (exact) mass is 219 g/mol. The fraction of sp³-hybridized carbons (Fsp3) is 0.462. The highest BCUT2D eigenvalue weighted by molar-refractivity contribution is 5.50. The van der Waals surface area contributed by atoms with Gasteiger partial charge < -0.3 is 9.53 Å². The largest absolute Gasteiger partial charge is 0.488 e. The molecule has 0 aliphatic carbocycles. The normalized spacial score (nSPS) is 16.8. The fourth-order valence-corrected chi connectivity index (χ4v) is 1.87. The number of hydrogen-bond donors (Lipinski definition) is 0. The van der Waals surface area contributed by atoms with Crippen LogP contribution in [0, 0.1) is 0 Å². The van der Waals surface area contributed by atoms with E-state index < -0.39 is 0 Å². The zero-order chi connectivity index (χ0) is 11.4. The van der Waals surface area contributed by atoms with Gasteiger partial charge in [0.2, 0.25) is 0 Å². The van der Waals surface area contributed by atoms with E-state index in [4.69, 9.17) is 4.74 Å². The number of carbonyl (C=O) groups excluding carboxylic acids is 1. The molecule has 0 radical (unpaired) electrons. The summed E-state index contributed by atoms with van der Waals surface area (Å²) in [4.78, 5) is 12.5. The lowest BCUT2D eigenvalue weighted by atomic mass is 10.1. The van der Waals surface area contributed by atoms with Crippen molar-refractivity contribution in [3.8, 4) is 5.75 Å². The molecule has 3 nitrogen and oxygen atoms in total. The SMILES string of the molecule is CN1CC(Oc2ccc(CCC=O)cc2)C1. The zero-order valence-corrected chi connectivity index (χ0v) is 9.56. The Labute approximate surface area is 96.0 Å². The quantitative estimate of drug-likeness (QED) is 0.703. The molecule has 1 saturated heterocycles. The highest BCUT2D eigenvalue weighted by atomic mass is 16.5. The second-order valence-corrected chi connectivity index (χ2v) is 4.31. The van der Waals surface area contributed by atoms with E-state index in [0.717, 1.165) is 31.5 Å². The molecule has 1 aromatic rings. The summed E-state index contributed by atoms with van der Waals surface area (Å²) in [6.45, 7) is 2.01. The van der Waals surface area contributed by atoms with Gasteiger partial charge >= 0.3 is 0 Å². The molecule has 1 aromatic carbocycles. The van der Waals surface area contributed by atoms with Crippen molar-refractivity contribution in [2.75, 3.05) is 20.1 Å². The Morgan fingerprint density at radius 2 is 2.06 bits per heavy atom. The van der Waals surface area contributed by atoms with Crippen molar-refractivity contribution in [1.82, 2.24) is 4.90 Å². The molecule has 0 bridgehead atoms. The third-order valence-corrected chi connectivity index (χ3v) is 2.81. The van der Waals surface area contributed by atoms with Gasteiger partial charge in [0.15, 0.2) is 0 Å². The van der Waals surface area contributed by atoms with E-state index in [2.05, 4.69) is 11.9 Å². The first-order chi connectivity index (χ1) is 7.78. The molecule has 0 N–H and O–H groups in total. The molecule has 0 unspecified atom stereocenters. The number of ether oxygens (including phenoxy) is 1. The van der Waals surface area contributed by atoms with Crippen LogP contribution in [0.25, 0.3) is 0 Å². The molecule has 0 aromatic heterocycles.